The van der Waals surface area contributed by atoms with Gasteiger partial charge in [0.15, 0.2) is 0 Å². The zero-order valence-electron chi connectivity index (χ0n) is 10.9. The van der Waals surface area contributed by atoms with Crippen LogP contribution in [-0.4, -0.2) is 28.2 Å². The van der Waals surface area contributed by atoms with Gasteiger partial charge < -0.3 is 0 Å². The Morgan fingerprint density at radius 1 is 0.895 bits per heavy atom. The molecule has 1 fully saturated rings. The van der Waals surface area contributed by atoms with Gasteiger partial charge in [0.05, 0.1) is 0 Å². The molecule has 1 aliphatic heterocycles. The Bertz CT molecular complexity index is 497. The predicted molar refractivity (Wildman–Crippen MR) is 80.1 cm³/mol. The molecule has 1 saturated heterocycles. The Morgan fingerprint density at radius 2 is 1.58 bits per heavy atom. The van der Waals surface area contributed by atoms with Crippen LogP contribution in [0.15, 0.2) is 60.7 Å². The quantitative estimate of drug-likeness (QED) is 0.788. The Hall–Kier alpha value is -1.08. The van der Waals surface area contributed by atoms with Gasteiger partial charge in [-0.15, -0.1) is 0 Å². The van der Waals surface area contributed by atoms with E-state index in [0.29, 0.717) is 26.8 Å². The zero-order chi connectivity index (χ0) is 12.9. The third-order valence-electron chi connectivity index (χ3n) is 3.63. The monoisotopic (exact) mass is 318 g/mol. The number of hydrogen-bond donors (Lipinski definition) is 0. The third-order valence-corrected chi connectivity index (χ3v) is 6.15. The zero-order valence-corrected chi connectivity index (χ0v) is 12.6. The molecule has 2 aromatic carbocycles. The molecule has 19 heavy (non-hydrogen) atoms. The number of hydrogen-bond acceptors (Lipinski definition) is 1. The van der Waals surface area contributed by atoms with E-state index in [1.165, 1.54) is 15.3 Å². The number of rotatable bonds is 4. The first-order valence-electron chi connectivity index (χ1n) is 6.74. The molecule has 0 N–H and O–H groups in total. The molecule has 1 heterocycles. The second-order valence-electron chi connectivity index (χ2n) is 4.94. The van der Waals surface area contributed by atoms with Crippen molar-refractivity contribution >= 4 is 19.4 Å². The van der Waals surface area contributed by atoms with E-state index in [4.69, 9.17) is 4.74 Å². The van der Waals surface area contributed by atoms with Gasteiger partial charge in [-0.3, -0.25) is 0 Å². The van der Waals surface area contributed by atoms with Crippen LogP contribution in [-0.2, 0) is 4.74 Å². The fourth-order valence-electron chi connectivity index (χ4n) is 2.55. The summed E-state index contributed by atoms with van der Waals surface area (Å²) in [6.45, 7) is 1.81. The number of ether oxygens (including phenoxy) is 1. The second kappa shape index (κ2) is 6.38. The Balaban J connectivity index is 1.64. The summed E-state index contributed by atoms with van der Waals surface area (Å²) in [5.74, 6) is 1.27. The third kappa shape index (κ3) is 3.27. The van der Waals surface area contributed by atoms with Gasteiger partial charge in [-0.2, -0.15) is 0 Å². The van der Waals surface area contributed by atoms with Crippen LogP contribution in [0.4, 0.5) is 0 Å². The molecule has 0 unspecified atom stereocenters. The van der Waals surface area contributed by atoms with Crippen molar-refractivity contribution in [1.29, 1.82) is 0 Å². The van der Waals surface area contributed by atoms with E-state index in [9.17, 15) is 0 Å². The van der Waals surface area contributed by atoms with Gasteiger partial charge in [-0.25, -0.2) is 0 Å². The van der Waals surface area contributed by atoms with Crippen LogP contribution in [0.25, 0.3) is 0 Å². The van der Waals surface area contributed by atoms with Crippen molar-refractivity contribution in [2.24, 2.45) is 5.92 Å². The maximum atomic E-state index is 5.72. The summed E-state index contributed by atoms with van der Waals surface area (Å²) in [5, 5.41) is 1.27. The second-order valence-corrected chi connectivity index (χ2v) is 7.23. The topological polar surface area (TPSA) is 9.23 Å². The minimum absolute atomic E-state index is 0.562. The SMILES string of the molecule is c1ccc([Se]C[C@H]2COC[C@@H]2c2ccccc2)cc1. The van der Waals surface area contributed by atoms with Crippen molar-refractivity contribution in [3.05, 3.63) is 66.2 Å². The summed E-state index contributed by atoms with van der Waals surface area (Å²) in [6, 6.07) is 21.7. The van der Waals surface area contributed by atoms with Crippen LogP contribution in [0.5, 0.6) is 0 Å². The molecule has 0 saturated carbocycles. The minimum atomic E-state index is 0.562. The first-order chi connectivity index (χ1) is 9.43. The van der Waals surface area contributed by atoms with Gasteiger partial charge in [-0.1, -0.05) is 0 Å². The summed E-state index contributed by atoms with van der Waals surface area (Å²) < 4.78 is 7.22. The molecule has 0 amide bonds. The molecule has 2 aromatic rings. The van der Waals surface area contributed by atoms with Crippen molar-refractivity contribution < 1.29 is 4.74 Å². The van der Waals surface area contributed by atoms with E-state index in [1.807, 2.05) is 0 Å². The Kier molecular flexibility index (Phi) is 4.34. The molecule has 0 aliphatic carbocycles. The summed E-state index contributed by atoms with van der Waals surface area (Å²) in [6.07, 6.45) is 0. The normalized spacial score (nSPS) is 22.5. The molecule has 3 rings (SSSR count). The van der Waals surface area contributed by atoms with Crippen molar-refractivity contribution in [1.82, 2.24) is 0 Å². The average Bonchev–Trinajstić information content (AvgIpc) is 2.95. The summed E-state index contributed by atoms with van der Waals surface area (Å²) in [7, 11) is 0. The van der Waals surface area contributed by atoms with E-state index in [-0.39, 0.29) is 0 Å². The first-order valence-corrected chi connectivity index (χ1v) is 8.81. The van der Waals surface area contributed by atoms with Crippen molar-refractivity contribution in [3.63, 3.8) is 0 Å². The van der Waals surface area contributed by atoms with Crippen LogP contribution < -0.4 is 4.46 Å². The van der Waals surface area contributed by atoms with Crippen LogP contribution >= 0.6 is 0 Å². The first kappa shape index (κ1) is 12.9. The fourth-order valence-corrected chi connectivity index (χ4v) is 4.83. The summed E-state index contributed by atoms with van der Waals surface area (Å²) in [4.78, 5) is 0. The van der Waals surface area contributed by atoms with Crippen LogP contribution in [0.2, 0.25) is 5.32 Å². The van der Waals surface area contributed by atoms with E-state index in [0.717, 1.165) is 13.2 Å². The van der Waals surface area contributed by atoms with E-state index in [2.05, 4.69) is 60.7 Å². The summed E-state index contributed by atoms with van der Waals surface area (Å²) >= 11 is 0.562. The maximum absolute atomic E-state index is 5.72. The summed E-state index contributed by atoms with van der Waals surface area (Å²) in [5.41, 5.74) is 1.44. The molecule has 2 atom stereocenters. The molecular formula is C17H18OSe. The van der Waals surface area contributed by atoms with Crippen LogP contribution in [0, 0.1) is 5.92 Å². The Morgan fingerprint density at radius 3 is 2.32 bits per heavy atom. The van der Waals surface area contributed by atoms with Gasteiger partial charge in [-0.05, 0) is 0 Å². The van der Waals surface area contributed by atoms with Crippen LogP contribution in [0.1, 0.15) is 11.5 Å². The number of benzene rings is 2. The van der Waals surface area contributed by atoms with Crippen molar-refractivity contribution in [3.8, 4) is 0 Å². The standard InChI is InChI=1S/C17H18OSe/c1-3-7-14(8-4-1)17-12-18-11-15(17)13-19-16-9-5-2-6-10-16/h1-10,15,17H,11-13H2/t15-,17-/m1/s1. The van der Waals surface area contributed by atoms with Crippen molar-refractivity contribution in [2.45, 2.75) is 11.2 Å². The molecule has 98 valence electrons. The molecule has 0 aromatic heterocycles. The predicted octanol–water partition coefficient (Wildman–Crippen LogP) is 2.86. The van der Waals surface area contributed by atoms with Gasteiger partial charge in [0.25, 0.3) is 0 Å². The van der Waals surface area contributed by atoms with Gasteiger partial charge in [0, 0.05) is 0 Å². The molecule has 1 aliphatic rings. The molecular weight excluding hydrogens is 299 g/mol. The molecule has 2 heteroatoms. The van der Waals surface area contributed by atoms with Gasteiger partial charge in [0.1, 0.15) is 0 Å². The van der Waals surface area contributed by atoms with Gasteiger partial charge in [0.2, 0.25) is 0 Å². The molecule has 0 spiro atoms. The molecule has 0 bridgehead atoms. The molecule has 0 radical (unpaired) electrons. The Labute approximate surface area is 121 Å². The van der Waals surface area contributed by atoms with Crippen LogP contribution in [0.3, 0.4) is 0 Å². The fraction of sp³-hybridized carbons (Fsp3) is 0.294. The molecule has 1 nitrogen and oxygen atoms in total. The van der Waals surface area contributed by atoms with E-state index >= 15 is 0 Å². The van der Waals surface area contributed by atoms with E-state index in [1.54, 1.807) is 0 Å². The average molecular weight is 317 g/mol. The van der Waals surface area contributed by atoms with Crippen molar-refractivity contribution in [2.75, 3.05) is 13.2 Å². The van der Waals surface area contributed by atoms with E-state index < -0.39 is 0 Å². The van der Waals surface area contributed by atoms with Gasteiger partial charge >= 0.3 is 121 Å².